The van der Waals surface area contributed by atoms with Gasteiger partial charge in [-0.15, -0.1) is 0 Å². The third-order valence-electron chi connectivity index (χ3n) is 5.44. The van der Waals surface area contributed by atoms with Crippen LogP contribution in [0.2, 0.25) is 0 Å². The molecule has 2 aliphatic rings. The summed E-state index contributed by atoms with van der Waals surface area (Å²) in [5.41, 5.74) is 0.358. The predicted octanol–water partition coefficient (Wildman–Crippen LogP) is 3.26. The summed E-state index contributed by atoms with van der Waals surface area (Å²) in [6, 6.07) is 8.99. The highest BCUT2D eigenvalue weighted by atomic mass is 16.6. The zero-order valence-corrected chi connectivity index (χ0v) is 18.7. The molecule has 170 valence electrons. The number of hydrogen-bond acceptors (Lipinski definition) is 5. The molecule has 1 aromatic carbocycles. The first-order valence-corrected chi connectivity index (χ1v) is 11.0. The molecule has 8 heteroatoms. The zero-order valence-electron chi connectivity index (χ0n) is 18.7. The highest BCUT2D eigenvalue weighted by Crippen LogP contribution is 2.22. The van der Waals surface area contributed by atoms with Crippen molar-refractivity contribution in [3.63, 3.8) is 0 Å². The topological polar surface area (TPSA) is 79.4 Å². The first-order valence-electron chi connectivity index (χ1n) is 11.0. The van der Waals surface area contributed by atoms with Crippen LogP contribution in [-0.4, -0.2) is 77.2 Å². The van der Waals surface area contributed by atoms with Crippen molar-refractivity contribution in [3.05, 3.63) is 35.9 Å². The molecule has 2 fully saturated rings. The molecule has 2 saturated heterocycles. The predicted molar refractivity (Wildman–Crippen MR) is 115 cm³/mol. The van der Waals surface area contributed by atoms with Gasteiger partial charge in [-0.05, 0) is 45.6 Å². The van der Waals surface area contributed by atoms with E-state index < -0.39 is 17.7 Å². The molecule has 0 saturated carbocycles. The van der Waals surface area contributed by atoms with Gasteiger partial charge < -0.3 is 19.3 Å². The molecule has 0 N–H and O–H groups in total. The minimum absolute atomic E-state index is 0.0693. The third kappa shape index (κ3) is 6.35. The summed E-state index contributed by atoms with van der Waals surface area (Å²) < 4.78 is 10.9. The lowest BCUT2D eigenvalue weighted by atomic mass is 10.2. The van der Waals surface area contributed by atoms with E-state index in [1.54, 1.807) is 14.7 Å². The summed E-state index contributed by atoms with van der Waals surface area (Å²) in [7, 11) is 0. The molecule has 1 aromatic rings. The lowest BCUT2D eigenvalue weighted by molar-refractivity contribution is -0.135. The number of amides is 3. The fourth-order valence-electron chi connectivity index (χ4n) is 3.90. The van der Waals surface area contributed by atoms with E-state index in [1.807, 2.05) is 51.1 Å². The Morgan fingerprint density at radius 3 is 2.29 bits per heavy atom. The fourth-order valence-corrected chi connectivity index (χ4v) is 3.90. The van der Waals surface area contributed by atoms with E-state index >= 15 is 0 Å². The highest BCUT2D eigenvalue weighted by Gasteiger charge is 2.38. The number of ether oxygens (including phenoxy) is 2. The van der Waals surface area contributed by atoms with Gasteiger partial charge >= 0.3 is 12.2 Å². The maximum Gasteiger partial charge on any atom is 0.410 e. The van der Waals surface area contributed by atoms with Gasteiger partial charge in [0.2, 0.25) is 5.91 Å². The van der Waals surface area contributed by atoms with Gasteiger partial charge in [0.1, 0.15) is 18.2 Å². The number of rotatable bonds is 3. The number of benzene rings is 1. The van der Waals surface area contributed by atoms with Crippen molar-refractivity contribution in [2.45, 2.75) is 58.3 Å². The van der Waals surface area contributed by atoms with E-state index in [9.17, 15) is 14.4 Å². The van der Waals surface area contributed by atoms with Crippen LogP contribution in [-0.2, 0) is 20.9 Å². The van der Waals surface area contributed by atoms with Crippen LogP contribution in [0.4, 0.5) is 9.59 Å². The molecule has 0 radical (unpaired) electrons. The van der Waals surface area contributed by atoms with Crippen molar-refractivity contribution in [1.82, 2.24) is 14.7 Å². The van der Waals surface area contributed by atoms with Crippen LogP contribution in [0.3, 0.4) is 0 Å². The number of carbonyl (C=O) groups is 3. The van der Waals surface area contributed by atoms with Crippen LogP contribution in [0, 0.1) is 0 Å². The van der Waals surface area contributed by atoms with E-state index in [0.717, 1.165) is 12.0 Å². The third-order valence-corrected chi connectivity index (χ3v) is 5.44. The molecule has 0 aromatic heterocycles. The van der Waals surface area contributed by atoms with Crippen molar-refractivity contribution in [2.24, 2.45) is 0 Å². The molecule has 3 amide bonds. The Morgan fingerprint density at radius 1 is 0.903 bits per heavy atom. The largest absolute Gasteiger partial charge is 0.445 e. The van der Waals surface area contributed by atoms with Crippen molar-refractivity contribution in [1.29, 1.82) is 0 Å². The fraction of sp³-hybridized carbons (Fsp3) is 0.609. The van der Waals surface area contributed by atoms with E-state index in [1.165, 1.54) is 0 Å². The smallest absolute Gasteiger partial charge is 0.410 e. The van der Waals surface area contributed by atoms with Gasteiger partial charge in [0.25, 0.3) is 0 Å². The van der Waals surface area contributed by atoms with E-state index in [-0.39, 0.29) is 18.6 Å². The summed E-state index contributed by atoms with van der Waals surface area (Å²) in [4.78, 5) is 43.1. The van der Waals surface area contributed by atoms with Crippen molar-refractivity contribution < 1.29 is 23.9 Å². The first kappa shape index (κ1) is 22.9. The number of carbonyl (C=O) groups excluding carboxylic acids is 3. The minimum atomic E-state index is -0.552. The lowest BCUT2D eigenvalue weighted by Crippen LogP contribution is -2.49. The van der Waals surface area contributed by atoms with Crippen molar-refractivity contribution >= 4 is 18.1 Å². The van der Waals surface area contributed by atoms with Gasteiger partial charge in [0, 0.05) is 32.7 Å². The molecule has 8 nitrogen and oxygen atoms in total. The quantitative estimate of drug-likeness (QED) is 0.734. The van der Waals surface area contributed by atoms with Crippen LogP contribution in [0.15, 0.2) is 30.3 Å². The summed E-state index contributed by atoms with van der Waals surface area (Å²) in [6.45, 7) is 8.17. The minimum Gasteiger partial charge on any atom is -0.445 e. The van der Waals surface area contributed by atoms with E-state index in [2.05, 4.69) is 0 Å². The first-order chi connectivity index (χ1) is 14.7. The Labute approximate surface area is 184 Å². The Kier molecular flexibility index (Phi) is 7.41. The second-order valence-corrected chi connectivity index (χ2v) is 9.04. The molecule has 31 heavy (non-hydrogen) atoms. The molecular weight excluding hydrogens is 398 g/mol. The van der Waals surface area contributed by atoms with Gasteiger partial charge in [0.15, 0.2) is 0 Å². The zero-order chi connectivity index (χ0) is 22.4. The van der Waals surface area contributed by atoms with E-state index in [4.69, 9.17) is 9.47 Å². The maximum absolute atomic E-state index is 13.2. The van der Waals surface area contributed by atoms with E-state index in [0.29, 0.717) is 45.6 Å². The maximum atomic E-state index is 13.2. The van der Waals surface area contributed by atoms with Gasteiger partial charge in [-0.1, -0.05) is 30.3 Å². The van der Waals surface area contributed by atoms with Crippen LogP contribution >= 0.6 is 0 Å². The van der Waals surface area contributed by atoms with Gasteiger partial charge in [-0.25, -0.2) is 9.59 Å². The molecule has 0 bridgehead atoms. The van der Waals surface area contributed by atoms with Crippen LogP contribution < -0.4 is 0 Å². The number of likely N-dealkylation sites (tertiary alicyclic amines) is 1. The molecule has 0 aliphatic carbocycles. The number of nitrogens with zero attached hydrogens (tertiary/aromatic N) is 3. The Bertz CT molecular complexity index is 777. The molecular formula is C23H33N3O5. The Balaban J connectivity index is 1.54. The molecule has 3 rings (SSSR count). The molecule has 1 atom stereocenters. The van der Waals surface area contributed by atoms with Gasteiger partial charge in [0.05, 0.1) is 0 Å². The second kappa shape index (κ2) is 10.0. The van der Waals surface area contributed by atoms with Crippen LogP contribution in [0.5, 0.6) is 0 Å². The van der Waals surface area contributed by atoms with Crippen LogP contribution in [0.25, 0.3) is 0 Å². The summed E-state index contributed by atoms with van der Waals surface area (Å²) in [6.07, 6.45) is 1.27. The normalized spacial score (nSPS) is 19.7. The second-order valence-electron chi connectivity index (χ2n) is 9.04. The summed E-state index contributed by atoms with van der Waals surface area (Å²) in [5.74, 6) is -0.0693. The SMILES string of the molecule is CC(C)(C)OC(=O)N1CCCN(C(=O)[C@@H]2CCCN2C(=O)OCc2ccccc2)CC1. The molecule has 0 spiro atoms. The highest BCUT2D eigenvalue weighted by molar-refractivity contribution is 5.86. The lowest BCUT2D eigenvalue weighted by Gasteiger charge is -2.29. The summed E-state index contributed by atoms with van der Waals surface area (Å²) in [5, 5.41) is 0. The van der Waals surface area contributed by atoms with Crippen molar-refractivity contribution in [2.75, 3.05) is 32.7 Å². The monoisotopic (exact) mass is 431 g/mol. The van der Waals surface area contributed by atoms with Crippen molar-refractivity contribution in [3.8, 4) is 0 Å². The average Bonchev–Trinajstić information content (AvgIpc) is 3.08. The molecule has 0 unspecified atom stereocenters. The molecule has 2 heterocycles. The Morgan fingerprint density at radius 2 is 1.58 bits per heavy atom. The van der Waals surface area contributed by atoms with Crippen LogP contribution in [0.1, 0.15) is 45.6 Å². The summed E-state index contributed by atoms with van der Waals surface area (Å²) >= 11 is 0. The standard InChI is InChI=1S/C23H33N3O5/c1-23(2,3)31-21(28)25-13-8-12-24(15-16-25)20(27)19-11-7-14-26(19)22(29)30-17-18-9-5-4-6-10-18/h4-6,9-10,19H,7-8,11-17H2,1-3H3/t19-/m0/s1. The Hall–Kier alpha value is -2.77. The van der Waals surface area contributed by atoms with Gasteiger partial charge in [-0.2, -0.15) is 0 Å². The molecule has 2 aliphatic heterocycles. The average molecular weight is 432 g/mol. The number of hydrogen-bond donors (Lipinski definition) is 0. The van der Waals surface area contributed by atoms with Gasteiger partial charge in [-0.3, -0.25) is 9.69 Å².